The molecule has 1 heterocycles. The van der Waals surface area contributed by atoms with Gasteiger partial charge in [0.05, 0.1) is 13.3 Å². The average molecular weight is 350 g/mol. The summed E-state index contributed by atoms with van der Waals surface area (Å²) in [7, 11) is 1.31. The smallest absolute Gasteiger partial charge is 0.349 e. The highest BCUT2D eigenvalue weighted by atomic mass is 32.2. The number of aryl methyl sites for hydroxylation is 2. The minimum atomic E-state index is -0.451. The Balaban J connectivity index is 1.79. The number of anilines is 1. The highest BCUT2D eigenvalue weighted by Gasteiger charge is 2.12. The lowest BCUT2D eigenvalue weighted by molar-refractivity contribution is -0.115. The summed E-state index contributed by atoms with van der Waals surface area (Å²) < 4.78 is 4.60. The summed E-state index contributed by atoms with van der Waals surface area (Å²) in [5.74, 6) is 0.115. The van der Waals surface area contributed by atoms with Gasteiger partial charge in [-0.25, -0.2) is 9.78 Å². The van der Waals surface area contributed by atoms with E-state index < -0.39 is 5.97 Å². The van der Waals surface area contributed by atoms with Crippen molar-refractivity contribution < 1.29 is 14.3 Å². The van der Waals surface area contributed by atoms with Gasteiger partial charge in [0.15, 0.2) is 5.13 Å². The normalized spacial score (nSPS) is 10.4. The van der Waals surface area contributed by atoms with Crippen LogP contribution in [0.25, 0.3) is 0 Å². The molecule has 0 unspecified atom stereocenters. The van der Waals surface area contributed by atoms with Crippen LogP contribution in [0.2, 0.25) is 0 Å². The zero-order valence-corrected chi connectivity index (χ0v) is 14.8. The standard InChI is InChI=1S/C16H18N2O3S2/c1-10-4-5-12(8-11(10)2)22-7-6-14(19)18-16-17-9-13(23-16)15(20)21-3/h4-5,8-9H,6-7H2,1-3H3,(H,17,18,19). The van der Waals surface area contributed by atoms with Gasteiger partial charge >= 0.3 is 5.97 Å². The van der Waals surface area contributed by atoms with E-state index in [9.17, 15) is 9.59 Å². The van der Waals surface area contributed by atoms with Crippen LogP contribution in [0.1, 0.15) is 27.2 Å². The van der Waals surface area contributed by atoms with Crippen molar-refractivity contribution in [2.45, 2.75) is 25.2 Å². The number of methoxy groups -OCH3 is 1. The van der Waals surface area contributed by atoms with E-state index in [-0.39, 0.29) is 5.91 Å². The summed E-state index contributed by atoms with van der Waals surface area (Å²) in [5.41, 5.74) is 2.51. The third kappa shape index (κ3) is 5.07. The second-order valence-corrected chi connectivity index (χ2v) is 7.11. The summed E-state index contributed by atoms with van der Waals surface area (Å²) in [4.78, 5) is 28.7. The molecule has 7 heteroatoms. The molecule has 1 amide bonds. The van der Waals surface area contributed by atoms with Gasteiger partial charge in [-0.15, -0.1) is 11.8 Å². The number of carbonyl (C=O) groups is 2. The third-order valence-electron chi connectivity index (χ3n) is 3.21. The van der Waals surface area contributed by atoms with Gasteiger partial charge in [0.1, 0.15) is 4.88 Å². The topological polar surface area (TPSA) is 68.3 Å². The highest BCUT2D eigenvalue weighted by Crippen LogP contribution is 2.22. The molecule has 2 rings (SSSR count). The van der Waals surface area contributed by atoms with Crippen LogP contribution in [0.5, 0.6) is 0 Å². The number of esters is 1. The predicted octanol–water partition coefficient (Wildman–Crippen LogP) is 3.67. The summed E-state index contributed by atoms with van der Waals surface area (Å²) >= 11 is 2.75. The van der Waals surface area contributed by atoms with Crippen LogP contribution in [-0.4, -0.2) is 29.7 Å². The maximum absolute atomic E-state index is 11.9. The molecule has 1 aromatic carbocycles. The number of thiazole rings is 1. The molecule has 1 aromatic heterocycles. The number of ether oxygens (including phenoxy) is 1. The van der Waals surface area contributed by atoms with Crippen molar-refractivity contribution in [3.8, 4) is 0 Å². The van der Waals surface area contributed by atoms with Crippen LogP contribution in [0.3, 0.4) is 0 Å². The molecule has 23 heavy (non-hydrogen) atoms. The Labute approximate surface area is 143 Å². The van der Waals surface area contributed by atoms with Gasteiger partial charge in [-0.2, -0.15) is 0 Å². The minimum absolute atomic E-state index is 0.118. The largest absolute Gasteiger partial charge is 0.465 e. The molecule has 1 N–H and O–H groups in total. The van der Waals surface area contributed by atoms with Gasteiger partial charge in [0.25, 0.3) is 0 Å². The van der Waals surface area contributed by atoms with Crippen LogP contribution < -0.4 is 5.32 Å². The first kappa shape index (κ1) is 17.5. The molecule has 2 aromatic rings. The predicted molar refractivity (Wildman–Crippen MR) is 93.3 cm³/mol. The minimum Gasteiger partial charge on any atom is -0.465 e. The maximum atomic E-state index is 11.9. The zero-order valence-electron chi connectivity index (χ0n) is 13.2. The van der Waals surface area contributed by atoms with Crippen molar-refractivity contribution in [2.75, 3.05) is 18.2 Å². The Morgan fingerprint density at radius 1 is 1.30 bits per heavy atom. The number of thioether (sulfide) groups is 1. The summed E-state index contributed by atoms with van der Waals surface area (Å²) in [6.45, 7) is 4.15. The second-order valence-electron chi connectivity index (χ2n) is 4.91. The first-order chi connectivity index (χ1) is 11.0. The lowest BCUT2D eigenvalue weighted by atomic mass is 10.1. The second kappa shape index (κ2) is 8.12. The first-order valence-electron chi connectivity index (χ1n) is 7.03. The van der Waals surface area contributed by atoms with E-state index in [4.69, 9.17) is 0 Å². The van der Waals surface area contributed by atoms with Crippen LogP contribution in [0, 0.1) is 13.8 Å². The molecule has 0 aliphatic rings. The third-order valence-corrected chi connectivity index (χ3v) is 5.10. The highest BCUT2D eigenvalue weighted by molar-refractivity contribution is 7.99. The van der Waals surface area contributed by atoms with Gasteiger partial charge in [-0.1, -0.05) is 17.4 Å². The Morgan fingerprint density at radius 2 is 2.09 bits per heavy atom. The Bertz CT molecular complexity index is 713. The number of hydrogen-bond acceptors (Lipinski definition) is 6. The van der Waals surface area contributed by atoms with Crippen molar-refractivity contribution in [3.05, 3.63) is 40.4 Å². The van der Waals surface area contributed by atoms with Gasteiger partial charge in [0.2, 0.25) is 5.91 Å². The SMILES string of the molecule is COC(=O)c1cnc(NC(=O)CCSc2ccc(C)c(C)c2)s1. The van der Waals surface area contributed by atoms with E-state index in [0.29, 0.717) is 22.2 Å². The van der Waals surface area contributed by atoms with E-state index in [1.807, 2.05) is 0 Å². The van der Waals surface area contributed by atoms with Crippen molar-refractivity contribution in [1.29, 1.82) is 0 Å². The van der Waals surface area contributed by atoms with Crippen molar-refractivity contribution in [3.63, 3.8) is 0 Å². The molecule has 0 atom stereocenters. The molecule has 5 nitrogen and oxygen atoms in total. The van der Waals surface area contributed by atoms with Gasteiger partial charge in [-0.3, -0.25) is 4.79 Å². The van der Waals surface area contributed by atoms with Crippen molar-refractivity contribution in [2.24, 2.45) is 0 Å². The van der Waals surface area contributed by atoms with E-state index in [1.165, 1.54) is 24.4 Å². The van der Waals surface area contributed by atoms with Crippen LogP contribution in [0.15, 0.2) is 29.3 Å². The molecule has 0 radical (unpaired) electrons. The molecule has 0 fully saturated rings. The fourth-order valence-corrected chi connectivity index (χ4v) is 3.47. The maximum Gasteiger partial charge on any atom is 0.349 e. The van der Waals surface area contributed by atoms with Crippen molar-refractivity contribution >= 4 is 40.1 Å². The van der Waals surface area contributed by atoms with Crippen LogP contribution in [-0.2, 0) is 9.53 Å². The summed E-state index contributed by atoms with van der Waals surface area (Å²) in [5, 5.41) is 3.10. The van der Waals surface area contributed by atoms with Crippen LogP contribution >= 0.6 is 23.1 Å². The van der Waals surface area contributed by atoms with Gasteiger partial charge < -0.3 is 10.1 Å². The number of benzene rings is 1. The number of aromatic nitrogens is 1. The summed E-state index contributed by atoms with van der Waals surface area (Å²) in [6, 6.07) is 6.28. The number of hydrogen-bond donors (Lipinski definition) is 1. The number of carbonyl (C=O) groups excluding carboxylic acids is 2. The molecule has 0 spiro atoms. The van der Waals surface area contributed by atoms with E-state index in [2.05, 4.69) is 47.1 Å². The number of rotatable bonds is 6. The monoisotopic (exact) mass is 350 g/mol. The molecular weight excluding hydrogens is 332 g/mol. The van der Waals surface area contributed by atoms with E-state index >= 15 is 0 Å². The molecular formula is C16H18N2O3S2. The fourth-order valence-electron chi connectivity index (χ4n) is 1.77. The molecule has 122 valence electrons. The number of nitrogens with one attached hydrogen (secondary N) is 1. The van der Waals surface area contributed by atoms with Crippen molar-refractivity contribution in [1.82, 2.24) is 4.98 Å². The zero-order chi connectivity index (χ0) is 16.8. The summed E-state index contributed by atoms with van der Waals surface area (Å²) in [6.07, 6.45) is 1.78. The van der Waals surface area contributed by atoms with E-state index in [0.717, 1.165) is 16.2 Å². The Kier molecular flexibility index (Phi) is 6.18. The first-order valence-corrected chi connectivity index (χ1v) is 8.84. The lowest BCUT2D eigenvalue weighted by Crippen LogP contribution is -2.11. The van der Waals surface area contributed by atoms with Crippen LogP contribution in [0.4, 0.5) is 5.13 Å². The Morgan fingerprint density at radius 3 is 2.78 bits per heavy atom. The Hall–Kier alpha value is -1.86. The van der Waals surface area contributed by atoms with Gasteiger partial charge in [-0.05, 0) is 37.1 Å². The molecule has 0 bridgehead atoms. The number of amides is 1. The molecule has 0 saturated carbocycles. The molecule has 0 aliphatic heterocycles. The quantitative estimate of drug-likeness (QED) is 0.636. The van der Waals surface area contributed by atoms with Gasteiger partial charge in [0, 0.05) is 17.1 Å². The average Bonchev–Trinajstić information content (AvgIpc) is 2.98. The fraction of sp³-hybridized carbons (Fsp3) is 0.312. The van der Waals surface area contributed by atoms with E-state index in [1.54, 1.807) is 11.8 Å². The lowest BCUT2D eigenvalue weighted by Gasteiger charge is -2.05. The molecule has 0 saturated heterocycles. The molecule has 0 aliphatic carbocycles. The number of nitrogens with zero attached hydrogens (tertiary/aromatic N) is 1.